The summed E-state index contributed by atoms with van der Waals surface area (Å²) in [5.74, 6) is 0.0442. The van der Waals surface area contributed by atoms with Gasteiger partial charge < -0.3 is 15.7 Å². The summed E-state index contributed by atoms with van der Waals surface area (Å²) >= 11 is 0. The van der Waals surface area contributed by atoms with Crippen molar-refractivity contribution in [2.45, 2.75) is 70.4 Å². The molecule has 0 spiro atoms. The number of hydrogen-bond acceptors (Lipinski definition) is 3. The van der Waals surface area contributed by atoms with E-state index < -0.39 is 0 Å². The van der Waals surface area contributed by atoms with E-state index in [2.05, 4.69) is 31.4 Å². The zero-order valence-electron chi connectivity index (χ0n) is 12.0. The Kier molecular flexibility index (Phi) is 5.60. The van der Waals surface area contributed by atoms with Crippen LogP contribution < -0.4 is 10.6 Å². The molecular formula is C14H28N2O2. The molecule has 0 radical (unpaired) electrons. The lowest BCUT2D eigenvalue weighted by Gasteiger charge is -2.36. The van der Waals surface area contributed by atoms with Crippen molar-refractivity contribution in [2.75, 3.05) is 13.2 Å². The first-order valence-electron chi connectivity index (χ1n) is 7.04. The van der Waals surface area contributed by atoms with Gasteiger partial charge in [0.05, 0.1) is 12.1 Å². The van der Waals surface area contributed by atoms with Crippen molar-refractivity contribution in [1.82, 2.24) is 10.6 Å². The summed E-state index contributed by atoms with van der Waals surface area (Å²) in [5.41, 5.74) is -0.309. The summed E-state index contributed by atoms with van der Waals surface area (Å²) in [6.45, 7) is 6.99. The largest absolute Gasteiger partial charge is 0.394 e. The Morgan fingerprint density at radius 2 is 1.83 bits per heavy atom. The average Bonchev–Trinajstić information content (AvgIpc) is 2.28. The molecule has 0 saturated heterocycles. The number of carbonyl (C=O) groups excluding carboxylic acids is 1. The van der Waals surface area contributed by atoms with E-state index in [1.54, 1.807) is 0 Å². The molecule has 1 amide bonds. The number of amides is 1. The van der Waals surface area contributed by atoms with Crippen molar-refractivity contribution in [3.05, 3.63) is 0 Å². The molecule has 0 aromatic heterocycles. The SMILES string of the molecule is CC(C)(C)NCCC(=O)NC1(CO)CCCCC1. The fraction of sp³-hybridized carbons (Fsp3) is 0.929. The van der Waals surface area contributed by atoms with Crippen molar-refractivity contribution in [2.24, 2.45) is 0 Å². The highest BCUT2D eigenvalue weighted by atomic mass is 16.3. The van der Waals surface area contributed by atoms with Crippen molar-refractivity contribution in [1.29, 1.82) is 0 Å². The van der Waals surface area contributed by atoms with E-state index in [0.29, 0.717) is 13.0 Å². The number of nitrogens with one attached hydrogen (secondary N) is 2. The van der Waals surface area contributed by atoms with Gasteiger partial charge in [0.25, 0.3) is 0 Å². The maximum Gasteiger partial charge on any atom is 0.221 e. The molecule has 0 aromatic carbocycles. The lowest BCUT2D eigenvalue weighted by atomic mass is 9.82. The molecule has 1 rings (SSSR count). The van der Waals surface area contributed by atoms with E-state index in [1.165, 1.54) is 6.42 Å². The topological polar surface area (TPSA) is 61.4 Å². The highest BCUT2D eigenvalue weighted by molar-refractivity contribution is 5.77. The van der Waals surface area contributed by atoms with Gasteiger partial charge >= 0.3 is 0 Å². The molecule has 0 aromatic rings. The van der Waals surface area contributed by atoms with Crippen LogP contribution in [-0.4, -0.2) is 35.2 Å². The van der Waals surface area contributed by atoms with Gasteiger partial charge in [0.1, 0.15) is 0 Å². The molecule has 0 heterocycles. The summed E-state index contributed by atoms with van der Waals surface area (Å²) in [4.78, 5) is 11.9. The van der Waals surface area contributed by atoms with Gasteiger partial charge in [-0.3, -0.25) is 4.79 Å². The smallest absolute Gasteiger partial charge is 0.221 e. The fourth-order valence-electron chi connectivity index (χ4n) is 2.46. The molecule has 4 nitrogen and oxygen atoms in total. The van der Waals surface area contributed by atoms with Gasteiger partial charge in [-0.05, 0) is 33.6 Å². The van der Waals surface area contributed by atoms with Gasteiger partial charge in [-0.25, -0.2) is 0 Å². The van der Waals surface area contributed by atoms with Crippen LogP contribution in [-0.2, 0) is 4.79 Å². The fourth-order valence-corrected chi connectivity index (χ4v) is 2.46. The third-order valence-electron chi connectivity index (χ3n) is 3.53. The molecule has 1 fully saturated rings. The quantitative estimate of drug-likeness (QED) is 0.700. The van der Waals surface area contributed by atoms with Gasteiger partial charge in [0, 0.05) is 18.5 Å². The maximum absolute atomic E-state index is 11.9. The van der Waals surface area contributed by atoms with Gasteiger partial charge in [-0.15, -0.1) is 0 Å². The summed E-state index contributed by atoms with van der Waals surface area (Å²) in [7, 11) is 0. The number of aliphatic hydroxyl groups excluding tert-OH is 1. The van der Waals surface area contributed by atoms with Gasteiger partial charge in [-0.2, -0.15) is 0 Å². The van der Waals surface area contributed by atoms with Crippen molar-refractivity contribution >= 4 is 5.91 Å². The van der Waals surface area contributed by atoms with E-state index in [4.69, 9.17) is 0 Å². The average molecular weight is 256 g/mol. The molecule has 106 valence electrons. The highest BCUT2D eigenvalue weighted by Crippen LogP contribution is 2.27. The van der Waals surface area contributed by atoms with Crippen LogP contribution >= 0.6 is 0 Å². The highest BCUT2D eigenvalue weighted by Gasteiger charge is 2.32. The zero-order valence-corrected chi connectivity index (χ0v) is 12.0. The maximum atomic E-state index is 11.9. The molecule has 18 heavy (non-hydrogen) atoms. The van der Waals surface area contributed by atoms with Crippen LogP contribution in [0.1, 0.15) is 59.3 Å². The lowest BCUT2D eigenvalue weighted by Crippen LogP contribution is -2.53. The first kappa shape index (κ1) is 15.4. The second kappa shape index (κ2) is 6.53. The van der Waals surface area contributed by atoms with E-state index in [0.717, 1.165) is 25.7 Å². The first-order chi connectivity index (χ1) is 8.37. The Balaban J connectivity index is 2.33. The predicted octanol–water partition coefficient (Wildman–Crippen LogP) is 1.58. The summed E-state index contributed by atoms with van der Waals surface area (Å²) in [5, 5.41) is 15.9. The molecule has 0 atom stereocenters. The van der Waals surface area contributed by atoms with E-state index >= 15 is 0 Å². The Bertz CT molecular complexity index is 265. The van der Waals surface area contributed by atoms with Crippen molar-refractivity contribution in [3.63, 3.8) is 0 Å². The van der Waals surface area contributed by atoms with Crippen LogP contribution in [0, 0.1) is 0 Å². The summed E-state index contributed by atoms with van der Waals surface area (Å²) in [6, 6.07) is 0. The van der Waals surface area contributed by atoms with E-state index in [9.17, 15) is 9.90 Å². The zero-order chi connectivity index (χ0) is 13.6. The van der Waals surface area contributed by atoms with Crippen molar-refractivity contribution in [3.8, 4) is 0 Å². The van der Waals surface area contributed by atoms with Crippen LogP contribution in [0.15, 0.2) is 0 Å². The number of hydrogen-bond donors (Lipinski definition) is 3. The number of carbonyl (C=O) groups is 1. The lowest BCUT2D eigenvalue weighted by molar-refractivity contribution is -0.124. The van der Waals surface area contributed by atoms with Crippen molar-refractivity contribution < 1.29 is 9.90 Å². The van der Waals surface area contributed by atoms with Crippen LogP contribution in [0.2, 0.25) is 0 Å². The minimum absolute atomic E-state index is 0.0415. The van der Waals surface area contributed by atoms with Gasteiger partial charge in [-0.1, -0.05) is 19.3 Å². The normalized spacial score (nSPS) is 19.6. The second-order valence-electron chi connectivity index (χ2n) is 6.47. The minimum atomic E-state index is -0.350. The second-order valence-corrected chi connectivity index (χ2v) is 6.47. The standard InChI is InChI=1S/C14H28N2O2/c1-13(2,3)15-10-7-12(18)16-14(11-17)8-5-4-6-9-14/h15,17H,4-11H2,1-3H3,(H,16,18). The van der Waals surface area contributed by atoms with Gasteiger partial charge in [0.15, 0.2) is 0 Å². The molecule has 4 heteroatoms. The number of aliphatic hydroxyl groups is 1. The molecule has 0 unspecified atom stereocenters. The third-order valence-corrected chi connectivity index (χ3v) is 3.53. The van der Waals surface area contributed by atoms with E-state index in [-0.39, 0.29) is 23.6 Å². The number of rotatable bonds is 5. The van der Waals surface area contributed by atoms with Crippen LogP contribution in [0.25, 0.3) is 0 Å². The summed E-state index contributed by atoms with van der Waals surface area (Å²) < 4.78 is 0. The molecule has 3 N–H and O–H groups in total. The Hall–Kier alpha value is -0.610. The predicted molar refractivity (Wildman–Crippen MR) is 73.4 cm³/mol. The van der Waals surface area contributed by atoms with Crippen LogP contribution in [0.5, 0.6) is 0 Å². The molecule has 0 bridgehead atoms. The molecule has 1 saturated carbocycles. The van der Waals surface area contributed by atoms with Gasteiger partial charge in [0.2, 0.25) is 5.91 Å². The Morgan fingerprint density at radius 1 is 1.22 bits per heavy atom. The monoisotopic (exact) mass is 256 g/mol. The van der Waals surface area contributed by atoms with E-state index in [1.807, 2.05) is 0 Å². The Morgan fingerprint density at radius 3 is 2.33 bits per heavy atom. The summed E-state index contributed by atoms with van der Waals surface area (Å²) in [6.07, 6.45) is 5.69. The molecular weight excluding hydrogens is 228 g/mol. The molecule has 1 aliphatic rings. The molecule has 1 aliphatic carbocycles. The first-order valence-corrected chi connectivity index (χ1v) is 7.04. The Labute approximate surface area is 111 Å². The van der Waals surface area contributed by atoms with Crippen LogP contribution in [0.4, 0.5) is 0 Å². The van der Waals surface area contributed by atoms with Crippen LogP contribution in [0.3, 0.4) is 0 Å². The third kappa shape index (κ3) is 5.36. The minimum Gasteiger partial charge on any atom is -0.394 e. The molecule has 0 aliphatic heterocycles.